The fourth-order valence-corrected chi connectivity index (χ4v) is 2.46. The SMILES string of the molecule is CC(C)(C)OC(=O)N(CC#Cc1ccc(C#CCN(CC(=O)O)C(=O)OC(C)(C)C)cc1)CC(=O)O. The molecule has 2 amide bonds. The lowest BCUT2D eigenvalue weighted by atomic mass is 10.1. The molecule has 0 atom stereocenters. The van der Waals surface area contributed by atoms with Gasteiger partial charge in [-0.3, -0.25) is 19.4 Å². The number of hydrogen-bond acceptors (Lipinski definition) is 6. The summed E-state index contributed by atoms with van der Waals surface area (Å²) < 4.78 is 10.4. The molecule has 0 spiro atoms. The molecule has 1 aromatic rings. The Bertz CT molecular complexity index is 987. The molecule has 0 aliphatic carbocycles. The lowest BCUT2D eigenvalue weighted by Crippen LogP contribution is -2.40. The van der Waals surface area contributed by atoms with Gasteiger partial charge in [0.25, 0.3) is 0 Å². The van der Waals surface area contributed by atoms with Crippen LogP contribution >= 0.6 is 0 Å². The molecule has 0 heterocycles. The van der Waals surface area contributed by atoms with Crippen LogP contribution in [0, 0.1) is 23.7 Å². The van der Waals surface area contributed by atoms with Gasteiger partial charge in [-0.25, -0.2) is 9.59 Å². The molecule has 0 aliphatic heterocycles. The summed E-state index contributed by atoms with van der Waals surface area (Å²) in [6.07, 6.45) is -1.54. The van der Waals surface area contributed by atoms with Crippen LogP contribution in [-0.4, -0.2) is 81.5 Å². The van der Waals surface area contributed by atoms with E-state index in [1.165, 1.54) is 0 Å². The second-order valence-electron chi connectivity index (χ2n) is 9.64. The Labute approximate surface area is 211 Å². The predicted octanol–water partition coefficient (Wildman–Crippen LogP) is 3.03. The van der Waals surface area contributed by atoms with Crippen LogP contribution in [0.25, 0.3) is 0 Å². The summed E-state index contributed by atoms with van der Waals surface area (Å²) in [4.78, 5) is 48.5. The number of amides is 2. The average Bonchev–Trinajstić information content (AvgIpc) is 2.70. The summed E-state index contributed by atoms with van der Waals surface area (Å²) in [5.41, 5.74) is -0.312. The van der Waals surface area contributed by atoms with Crippen LogP contribution < -0.4 is 0 Å². The number of carbonyl (C=O) groups excluding carboxylic acids is 2. The molecule has 0 bridgehead atoms. The maximum absolute atomic E-state index is 12.2. The van der Waals surface area contributed by atoms with Crippen molar-refractivity contribution >= 4 is 24.1 Å². The van der Waals surface area contributed by atoms with E-state index in [1.807, 2.05) is 0 Å². The summed E-state index contributed by atoms with van der Waals surface area (Å²) in [5.74, 6) is 8.86. The fourth-order valence-electron chi connectivity index (χ4n) is 2.46. The zero-order chi connectivity index (χ0) is 27.5. The Morgan fingerprint density at radius 3 is 1.25 bits per heavy atom. The fraction of sp³-hybridized carbons (Fsp3) is 0.462. The average molecular weight is 501 g/mol. The number of benzene rings is 1. The van der Waals surface area contributed by atoms with Gasteiger partial charge in [-0.1, -0.05) is 23.7 Å². The molecule has 0 unspecified atom stereocenters. The molecule has 1 rings (SSSR count). The smallest absolute Gasteiger partial charge is 0.411 e. The minimum atomic E-state index is -1.18. The summed E-state index contributed by atoms with van der Waals surface area (Å²) in [5, 5.41) is 18.1. The molecule has 0 saturated heterocycles. The summed E-state index contributed by atoms with van der Waals surface area (Å²) >= 11 is 0. The van der Waals surface area contributed by atoms with Gasteiger partial charge in [-0.05, 0) is 65.8 Å². The molecule has 2 N–H and O–H groups in total. The van der Waals surface area contributed by atoms with E-state index in [0.717, 1.165) is 9.80 Å². The van der Waals surface area contributed by atoms with E-state index in [0.29, 0.717) is 11.1 Å². The van der Waals surface area contributed by atoms with Crippen molar-refractivity contribution in [3.8, 4) is 23.7 Å². The second-order valence-corrected chi connectivity index (χ2v) is 9.64. The van der Waals surface area contributed by atoms with Gasteiger partial charge in [0.15, 0.2) is 0 Å². The van der Waals surface area contributed by atoms with Crippen LogP contribution in [0.3, 0.4) is 0 Å². The molecule has 0 radical (unpaired) electrons. The lowest BCUT2D eigenvalue weighted by Gasteiger charge is -2.25. The Morgan fingerprint density at radius 2 is 1.00 bits per heavy atom. The van der Waals surface area contributed by atoms with E-state index < -0.39 is 48.4 Å². The Hall–Kier alpha value is -4.18. The van der Waals surface area contributed by atoms with Crippen LogP contribution in [0.1, 0.15) is 52.7 Å². The normalized spacial score (nSPS) is 10.6. The third-order valence-electron chi connectivity index (χ3n) is 3.85. The van der Waals surface area contributed by atoms with Gasteiger partial charge in [-0.15, -0.1) is 0 Å². The number of carboxylic acid groups (broad SMARTS) is 2. The first-order valence-corrected chi connectivity index (χ1v) is 11.0. The number of ether oxygens (including phenoxy) is 2. The van der Waals surface area contributed by atoms with E-state index >= 15 is 0 Å². The third kappa shape index (κ3) is 12.9. The first-order valence-electron chi connectivity index (χ1n) is 11.0. The van der Waals surface area contributed by atoms with E-state index in [1.54, 1.807) is 65.8 Å². The maximum atomic E-state index is 12.2. The molecule has 0 fully saturated rings. The van der Waals surface area contributed by atoms with Crippen molar-refractivity contribution in [1.29, 1.82) is 0 Å². The first-order chi connectivity index (χ1) is 16.6. The van der Waals surface area contributed by atoms with Crippen molar-refractivity contribution in [2.75, 3.05) is 26.2 Å². The van der Waals surface area contributed by atoms with Gasteiger partial charge < -0.3 is 19.7 Å². The first kappa shape index (κ1) is 29.9. The summed E-state index contributed by atoms with van der Waals surface area (Å²) in [6, 6.07) is 6.76. The summed E-state index contributed by atoms with van der Waals surface area (Å²) in [7, 11) is 0. The third-order valence-corrected chi connectivity index (χ3v) is 3.85. The molecule has 10 heteroatoms. The van der Waals surface area contributed by atoms with E-state index in [-0.39, 0.29) is 13.1 Å². The molecular weight excluding hydrogens is 468 g/mol. The van der Waals surface area contributed by atoms with Crippen molar-refractivity contribution in [2.45, 2.75) is 52.7 Å². The van der Waals surface area contributed by atoms with Gasteiger partial charge in [-0.2, -0.15) is 0 Å². The molecule has 36 heavy (non-hydrogen) atoms. The monoisotopic (exact) mass is 500 g/mol. The second kappa shape index (κ2) is 13.1. The Kier molecular flexibility index (Phi) is 10.8. The van der Waals surface area contributed by atoms with Crippen LogP contribution in [0.2, 0.25) is 0 Å². The van der Waals surface area contributed by atoms with Gasteiger partial charge in [0.2, 0.25) is 0 Å². The highest BCUT2D eigenvalue weighted by molar-refractivity contribution is 5.77. The number of hydrogen-bond donors (Lipinski definition) is 2. The predicted molar refractivity (Wildman–Crippen MR) is 131 cm³/mol. The standard InChI is InChI=1S/C26H32N2O8/c1-25(2,3)35-23(33)27(17-21(29)30)15-7-9-19-11-13-20(14-12-19)10-8-16-28(18-22(31)32)24(34)36-26(4,5)6/h11-14H,15-18H2,1-6H3,(H,29,30)(H,31,32). The molecule has 0 aliphatic rings. The van der Waals surface area contributed by atoms with Crippen molar-refractivity contribution in [3.05, 3.63) is 35.4 Å². The highest BCUT2D eigenvalue weighted by Crippen LogP contribution is 2.11. The van der Waals surface area contributed by atoms with Gasteiger partial charge in [0.1, 0.15) is 24.3 Å². The van der Waals surface area contributed by atoms with E-state index in [4.69, 9.17) is 19.7 Å². The Morgan fingerprint density at radius 1 is 0.694 bits per heavy atom. The zero-order valence-electron chi connectivity index (χ0n) is 21.4. The van der Waals surface area contributed by atoms with Crippen LogP contribution in [0.5, 0.6) is 0 Å². The molecule has 1 aromatic carbocycles. The quantitative estimate of drug-likeness (QED) is 0.570. The van der Waals surface area contributed by atoms with Gasteiger partial charge >= 0.3 is 24.1 Å². The highest BCUT2D eigenvalue weighted by atomic mass is 16.6. The van der Waals surface area contributed by atoms with Crippen molar-refractivity contribution in [2.24, 2.45) is 0 Å². The highest BCUT2D eigenvalue weighted by Gasteiger charge is 2.24. The molecular formula is C26H32N2O8. The van der Waals surface area contributed by atoms with Gasteiger partial charge in [0.05, 0.1) is 13.1 Å². The number of rotatable bonds is 6. The molecule has 0 saturated carbocycles. The molecule has 194 valence electrons. The minimum Gasteiger partial charge on any atom is -0.480 e. The maximum Gasteiger partial charge on any atom is 0.411 e. The Balaban J connectivity index is 2.84. The van der Waals surface area contributed by atoms with Crippen molar-refractivity contribution in [1.82, 2.24) is 9.80 Å². The van der Waals surface area contributed by atoms with E-state index in [2.05, 4.69) is 23.7 Å². The van der Waals surface area contributed by atoms with Crippen LogP contribution in [0.15, 0.2) is 24.3 Å². The van der Waals surface area contributed by atoms with Gasteiger partial charge in [0, 0.05) is 11.1 Å². The number of nitrogens with zero attached hydrogens (tertiary/aromatic N) is 2. The van der Waals surface area contributed by atoms with Crippen LogP contribution in [-0.2, 0) is 19.1 Å². The molecule has 10 nitrogen and oxygen atoms in total. The number of aliphatic carboxylic acids is 2. The van der Waals surface area contributed by atoms with Crippen LogP contribution in [0.4, 0.5) is 9.59 Å². The topological polar surface area (TPSA) is 134 Å². The molecule has 0 aromatic heterocycles. The van der Waals surface area contributed by atoms with E-state index in [9.17, 15) is 19.2 Å². The zero-order valence-corrected chi connectivity index (χ0v) is 21.4. The lowest BCUT2D eigenvalue weighted by molar-refractivity contribution is -0.139. The van der Waals surface area contributed by atoms with Crippen molar-refractivity contribution < 1.29 is 38.9 Å². The van der Waals surface area contributed by atoms with Crippen molar-refractivity contribution in [3.63, 3.8) is 0 Å². The largest absolute Gasteiger partial charge is 0.480 e. The number of carbonyl (C=O) groups is 4. The minimum absolute atomic E-state index is 0.132. The number of carboxylic acids is 2. The summed E-state index contributed by atoms with van der Waals surface area (Å²) in [6.45, 7) is 8.74.